The monoisotopic (exact) mass is 373 g/mol. The highest BCUT2D eigenvalue weighted by Gasteiger charge is 2.18. The number of carbonyl (C=O) groups excluding carboxylic acids is 2. The Bertz CT molecular complexity index is 763. The molecule has 0 aliphatic heterocycles. The van der Waals surface area contributed by atoms with Crippen LogP contribution in [0.1, 0.15) is 12.0 Å². The molecular weight excluding hydrogens is 349 g/mol. The first-order valence-electron chi connectivity index (χ1n) is 8.54. The lowest BCUT2D eigenvalue weighted by Gasteiger charge is -2.25. The number of carbonyl (C=O) groups is 2. The first kappa shape index (κ1) is 20.4. The topological polar surface area (TPSA) is 75.9 Å². The number of nitrogens with two attached hydrogens (primary N) is 1. The molecule has 0 spiro atoms. The highest BCUT2D eigenvalue weighted by molar-refractivity contribution is 5.95. The molecule has 0 aliphatic carbocycles. The third-order valence-electron chi connectivity index (χ3n) is 4.04. The van der Waals surface area contributed by atoms with Crippen molar-refractivity contribution in [2.45, 2.75) is 13.0 Å². The molecule has 0 fully saturated rings. The normalized spacial score (nSPS) is 10.7. The summed E-state index contributed by atoms with van der Waals surface area (Å²) in [6, 6.07) is 13.2. The molecule has 0 unspecified atom stereocenters. The van der Waals surface area contributed by atoms with Crippen LogP contribution in [0.15, 0.2) is 48.5 Å². The minimum absolute atomic E-state index is 0.0330. The first-order valence-corrected chi connectivity index (χ1v) is 8.54. The van der Waals surface area contributed by atoms with Crippen molar-refractivity contribution in [2.24, 2.45) is 5.73 Å². The Morgan fingerprint density at radius 2 is 1.70 bits per heavy atom. The molecule has 6 nitrogen and oxygen atoms in total. The Labute approximate surface area is 158 Å². The molecule has 0 saturated carbocycles. The Hall–Kier alpha value is -2.93. The maximum absolute atomic E-state index is 13.2. The summed E-state index contributed by atoms with van der Waals surface area (Å²) in [6.07, 6.45) is 0.0330. The van der Waals surface area contributed by atoms with Gasteiger partial charge in [0.1, 0.15) is 11.6 Å². The van der Waals surface area contributed by atoms with Crippen molar-refractivity contribution in [1.29, 1.82) is 0 Å². The van der Waals surface area contributed by atoms with Gasteiger partial charge in [0.25, 0.3) is 0 Å². The van der Waals surface area contributed by atoms with Crippen molar-refractivity contribution < 1.29 is 18.7 Å². The number of nitrogens with zero attached hydrogens (tertiary/aromatic N) is 2. The second kappa shape index (κ2) is 9.68. The van der Waals surface area contributed by atoms with Crippen LogP contribution < -0.4 is 15.4 Å². The molecule has 144 valence electrons. The van der Waals surface area contributed by atoms with Crippen LogP contribution in [-0.2, 0) is 16.1 Å². The largest absolute Gasteiger partial charge is 0.497 e. The van der Waals surface area contributed by atoms with Crippen LogP contribution in [0.3, 0.4) is 0 Å². The van der Waals surface area contributed by atoms with Gasteiger partial charge in [-0.2, -0.15) is 0 Å². The van der Waals surface area contributed by atoms with Crippen LogP contribution in [0.5, 0.6) is 5.75 Å². The molecule has 0 radical (unpaired) electrons. The van der Waals surface area contributed by atoms with E-state index in [2.05, 4.69) is 0 Å². The Morgan fingerprint density at radius 3 is 2.26 bits per heavy atom. The molecule has 27 heavy (non-hydrogen) atoms. The number of hydrogen-bond donors (Lipinski definition) is 1. The summed E-state index contributed by atoms with van der Waals surface area (Å²) in [5.74, 6) is -0.315. The SMILES string of the molecule is COc1ccc(CN(C)CC(=O)N(CCC(N)=O)c2ccc(F)cc2)cc1. The molecule has 2 N–H and O–H groups in total. The Morgan fingerprint density at radius 1 is 1.07 bits per heavy atom. The van der Waals surface area contributed by atoms with Crippen molar-refractivity contribution in [3.8, 4) is 5.75 Å². The molecular formula is C20H24FN3O3. The maximum atomic E-state index is 13.2. The van der Waals surface area contributed by atoms with Crippen LogP contribution >= 0.6 is 0 Å². The van der Waals surface area contributed by atoms with Crippen molar-refractivity contribution in [3.63, 3.8) is 0 Å². The summed E-state index contributed by atoms with van der Waals surface area (Å²) in [6.45, 7) is 0.862. The number of amides is 2. The number of anilines is 1. The molecule has 0 saturated heterocycles. The van der Waals surface area contributed by atoms with Gasteiger partial charge in [0, 0.05) is 25.2 Å². The molecule has 7 heteroatoms. The molecule has 0 heterocycles. The predicted molar refractivity (Wildman–Crippen MR) is 102 cm³/mol. The van der Waals surface area contributed by atoms with Crippen LogP contribution in [0.2, 0.25) is 0 Å². The smallest absolute Gasteiger partial charge is 0.241 e. The molecule has 0 aromatic heterocycles. The standard InChI is InChI=1S/C20H24FN3O3/c1-23(13-15-3-9-18(27-2)10-4-15)14-20(26)24(12-11-19(22)25)17-7-5-16(21)6-8-17/h3-10H,11-14H2,1-2H3,(H2,22,25). The molecule has 0 bridgehead atoms. The van der Waals surface area contributed by atoms with Crippen molar-refractivity contribution in [2.75, 3.05) is 32.1 Å². The zero-order valence-corrected chi connectivity index (χ0v) is 15.5. The van der Waals surface area contributed by atoms with Crippen LogP contribution in [0.25, 0.3) is 0 Å². The van der Waals surface area contributed by atoms with E-state index in [4.69, 9.17) is 10.5 Å². The van der Waals surface area contributed by atoms with E-state index in [1.54, 1.807) is 7.11 Å². The van der Waals surface area contributed by atoms with Gasteiger partial charge in [-0.1, -0.05) is 12.1 Å². The number of hydrogen-bond acceptors (Lipinski definition) is 4. The lowest BCUT2D eigenvalue weighted by Crippen LogP contribution is -2.40. The van der Waals surface area contributed by atoms with Gasteiger partial charge in [-0.3, -0.25) is 14.5 Å². The molecule has 2 amide bonds. The van der Waals surface area contributed by atoms with Gasteiger partial charge in [-0.15, -0.1) is 0 Å². The van der Waals surface area contributed by atoms with E-state index < -0.39 is 11.7 Å². The van der Waals surface area contributed by atoms with E-state index in [1.165, 1.54) is 29.2 Å². The zero-order chi connectivity index (χ0) is 19.8. The number of primary amides is 1. The Balaban J connectivity index is 2.04. The fraction of sp³-hybridized carbons (Fsp3) is 0.300. The number of ether oxygens (including phenoxy) is 1. The van der Waals surface area contributed by atoms with E-state index in [0.717, 1.165) is 11.3 Å². The second-order valence-electron chi connectivity index (χ2n) is 6.26. The number of halogens is 1. The van der Waals surface area contributed by atoms with Gasteiger partial charge < -0.3 is 15.4 Å². The number of likely N-dealkylation sites (N-methyl/N-ethyl adjacent to an activating group) is 1. The van der Waals surface area contributed by atoms with Crippen LogP contribution in [-0.4, -0.2) is 44.0 Å². The summed E-state index contributed by atoms with van der Waals surface area (Å²) in [7, 11) is 3.44. The number of methoxy groups -OCH3 is 1. The first-order chi connectivity index (χ1) is 12.9. The fourth-order valence-electron chi connectivity index (χ4n) is 2.66. The van der Waals surface area contributed by atoms with E-state index in [0.29, 0.717) is 12.2 Å². The summed E-state index contributed by atoms with van der Waals surface area (Å²) in [5, 5.41) is 0. The van der Waals surface area contributed by atoms with Crippen molar-refractivity contribution in [1.82, 2.24) is 4.90 Å². The van der Waals surface area contributed by atoms with E-state index >= 15 is 0 Å². The molecule has 2 aromatic rings. The summed E-state index contributed by atoms with van der Waals surface area (Å²) in [5.41, 5.74) is 6.78. The number of rotatable bonds is 9. The van der Waals surface area contributed by atoms with Crippen LogP contribution in [0, 0.1) is 5.82 Å². The van der Waals surface area contributed by atoms with Gasteiger partial charge in [-0.25, -0.2) is 4.39 Å². The highest BCUT2D eigenvalue weighted by Crippen LogP contribution is 2.17. The zero-order valence-electron chi connectivity index (χ0n) is 15.5. The molecule has 0 aliphatic rings. The number of benzene rings is 2. The lowest BCUT2D eigenvalue weighted by molar-refractivity contribution is -0.120. The molecule has 2 rings (SSSR count). The third kappa shape index (κ3) is 6.38. The van der Waals surface area contributed by atoms with Gasteiger partial charge >= 0.3 is 0 Å². The van der Waals surface area contributed by atoms with Gasteiger partial charge in [0.05, 0.1) is 13.7 Å². The van der Waals surface area contributed by atoms with E-state index in [9.17, 15) is 14.0 Å². The van der Waals surface area contributed by atoms with E-state index in [1.807, 2.05) is 36.2 Å². The molecule has 0 atom stereocenters. The average Bonchev–Trinajstić information content (AvgIpc) is 2.63. The maximum Gasteiger partial charge on any atom is 0.241 e. The Kier molecular flexibility index (Phi) is 7.31. The molecule has 2 aromatic carbocycles. The van der Waals surface area contributed by atoms with Crippen molar-refractivity contribution in [3.05, 3.63) is 59.9 Å². The lowest BCUT2D eigenvalue weighted by atomic mass is 10.2. The third-order valence-corrected chi connectivity index (χ3v) is 4.04. The minimum atomic E-state index is -0.499. The van der Waals surface area contributed by atoms with Crippen molar-refractivity contribution >= 4 is 17.5 Å². The highest BCUT2D eigenvalue weighted by atomic mass is 19.1. The van der Waals surface area contributed by atoms with Gasteiger partial charge in [0.2, 0.25) is 11.8 Å². The second-order valence-corrected chi connectivity index (χ2v) is 6.26. The summed E-state index contributed by atoms with van der Waals surface area (Å²) in [4.78, 5) is 27.2. The summed E-state index contributed by atoms with van der Waals surface area (Å²) >= 11 is 0. The van der Waals surface area contributed by atoms with E-state index in [-0.39, 0.29) is 25.4 Å². The average molecular weight is 373 g/mol. The van der Waals surface area contributed by atoms with Gasteiger partial charge in [0.15, 0.2) is 0 Å². The minimum Gasteiger partial charge on any atom is -0.497 e. The summed E-state index contributed by atoms with van der Waals surface area (Å²) < 4.78 is 18.3. The van der Waals surface area contributed by atoms with Gasteiger partial charge in [-0.05, 0) is 49.0 Å². The van der Waals surface area contributed by atoms with Crippen LogP contribution in [0.4, 0.5) is 10.1 Å². The predicted octanol–water partition coefficient (Wildman–Crippen LogP) is 2.17. The quantitative estimate of drug-likeness (QED) is 0.731. The fourth-order valence-corrected chi connectivity index (χ4v) is 2.66.